The highest BCUT2D eigenvalue weighted by molar-refractivity contribution is 7.90. The standard InChI is InChI=1S/C29H27ClF3N3O5S/c1-18(15-29(31,32)33)16-34-27(37)20-8-7-19-11-12-36(24(19)13-20)17-22-10-9-21(14-25(22)41-2)28(38)35-42(39,40)26-6-4-3-5-23(26)30/h3-14,18H,15-17H2,1-2H3,(H,34,37)(H,35,38)/t18-/m0/s1. The second-order valence-electron chi connectivity index (χ2n) is 9.74. The molecule has 13 heteroatoms. The van der Waals surface area contributed by atoms with E-state index >= 15 is 0 Å². The molecule has 0 saturated heterocycles. The quantitative estimate of drug-likeness (QED) is 0.233. The third-order valence-electron chi connectivity index (χ3n) is 6.47. The molecule has 0 aliphatic heterocycles. The van der Waals surface area contributed by atoms with Crippen LogP contribution < -0.4 is 14.8 Å². The SMILES string of the molecule is COc1cc(C(=O)NS(=O)(=O)c2ccccc2Cl)ccc1Cn1ccc2ccc(C(=O)NC[C@@H](C)CC(F)(F)F)cc21. The van der Waals surface area contributed by atoms with Crippen LogP contribution in [-0.4, -0.2) is 44.6 Å². The molecule has 0 saturated carbocycles. The maximum atomic E-state index is 12.8. The zero-order valence-corrected chi connectivity index (χ0v) is 24.1. The number of hydrogen-bond acceptors (Lipinski definition) is 5. The minimum atomic E-state index is -4.30. The van der Waals surface area contributed by atoms with E-state index in [4.69, 9.17) is 16.3 Å². The molecule has 42 heavy (non-hydrogen) atoms. The van der Waals surface area contributed by atoms with Gasteiger partial charge in [-0.05, 0) is 53.8 Å². The zero-order valence-electron chi connectivity index (χ0n) is 22.5. The average molecular weight is 622 g/mol. The maximum Gasteiger partial charge on any atom is 0.389 e. The smallest absolute Gasteiger partial charge is 0.389 e. The van der Waals surface area contributed by atoms with Crippen LogP contribution in [0.5, 0.6) is 5.75 Å². The minimum Gasteiger partial charge on any atom is -0.496 e. The van der Waals surface area contributed by atoms with E-state index in [0.29, 0.717) is 22.4 Å². The van der Waals surface area contributed by atoms with Crippen LogP contribution >= 0.6 is 11.6 Å². The Hall–Kier alpha value is -4.03. The van der Waals surface area contributed by atoms with E-state index in [-0.39, 0.29) is 28.6 Å². The van der Waals surface area contributed by atoms with Crippen molar-refractivity contribution < 1.29 is 35.9 Å². The van der Waals surface area contributed by atoms with E-state index in [1.807, 2.05) is 15.4 Å². The summed E-state index contributed by atoms with van der Waals surface area (Å²) in [7, 11) is -2.81. The molecule has 1 heterocycles. The maximum absolute atomic E-state index is 12.8. The molecular formula is C29H27ClF3N3O5S. The van der Waals surface area contributed by atoms with Crippen LogP contribution in [0.15, 0.2) is 77.8 Å². The second kappa shape index (κ2) is 12.5. The number of aromatic nitrogens is 1. The van der Waals surface area contributed by atoms with Crippen LogP contribution in [0.4, 0.5) is 13.2 Å². The fourth-order valence-electron chi connectivity index (χ4n) is 4.40. The number of rotatable bonds is 10. The molecule has 2 amide bonds. The number of carbonyl (C=O) groups is 2. The average Bonchev–Trinajstić information content (AvgIpc) is 3.32. The Morgan fingerprint density at radius 2 is 1.69 bits per heavy atom. The summed E-state index contributed by atoms with van der Waals surface area (Å²) in [4.78, 5) is 25.2. The van der Waals surface area contributed by atoms with Crippen molar-refractivity contribution in [2.24, 2.45) is 5.92 Å². The first-order chi connectivity index (χ1) is 19.8. The molecule has 8 nitrogen and oxygen atoms in total. The summed E-state index contributed by atoms with van der Waals surface area (Å²) in [5.41, 5.74) is 1.69. The van der Waals surface area contributed by atoms with Gasteiger partial charge in [-0.3, -0.25) is 9.59 Å². The molecule has 4 rings (SSSR count). The van der Waals surface area contributed by atoms with Crippen molar-refractivity contribution >= 4 is 44.3 Å². The normalized spacial score (nSPS) is 12.6. The van der Waals surface area contributed by atoms with Gasteiger partial charge in [-0.15, -0.1) is 0 Å². The molecule has 0 spiro atoms. The third kappa shape index (κ3) is 7.42. The molecule has 4 aromatic rings. The highest BCUT2D eigenvalue weighted by Crippen LogP contribution is 2.27. The number of fused-ring (bicyclic) bond motifs is 1. The molecule has 0 fully saturated rings. The summed E-state index contributed by atoms with van der Waals surface area (Å²) in [6, 6.07) is 17.1. The van der Waals surface area contributed by atoms with Crippen LogP contribution in [0.3, 0.4) is 0 Å². The molecule has 1 atom stereocenters. The number of nitrogens with one attached hydrogen (secondary N) is 2. The van der Waals surface area contributed by atoms with Gasteiger partial charge in [0.15, 0.2) is 0 Å². The lowest BCUT2D eigenvalue weighted by Crippen LogP contribution is -2.30. The molecule has 0 unspecified atom stereocenters. The van der Waals surface area contributed by atoms with E-state index < -0.39 is 40.4 Å². The van der Waals surface area contributed by atoms with Gasteiger partial charge in [0.05, 0.1) is 18.7 Å². The van der Waals surface area contributed by atoms with Crippen molar-refractivity contribution in [1.29, 1.82) is 0 Å². The van der Waals surface area contributed by atoms with Crippen LogP contribution in [0.25, 0.3) is 10.9 Å². The second-order valence-corrected chi connectivity index (χ2v) is 11.8. The summed E-state index contributed by atoms with van der Waals surface area (Å²) in [5.74, 6) is -1.80. The van der Waals surface area contributed by atoms with Gasteiger partial charge in [-0.25, -0.2) is 13.1 Å². The number of alkyl halides is 3. The largest absolute Gasteiger partial charge is 0.496 e. The Bertz CT molecular complexity index is 1740. The van der Waals surface area contributed by atoms with Crippen LogP contribution in [0, 0.1) is 5.92 Å². The fraction of sp³-hybridized carbons (Fsp3) is 0.241. The summed E-state index contributed by atoms with van der Waals surface area (Å²) in [5, 5.41) is 3.36. The Kier molecular flexibility index (Phi) is 9.17. The van der Waals surface area contributed by atoms with Crippen molar-refractivity contribution in [2.45, 2.75) is 31.0 Å². The number of benzene rings is 3. The molecule has 0 aliphatic carbocycles. The highest BCUT2D eigenvalue weighted by Gasteiger charge is 2.30. The van der Waals surface area contributed by atoms with Crippen molar-refractivity contribution in [1.82, 2.24) is 14.6 Å². The summed E-state index contributed by atoms with van der Waals surface area (Å²) >= 11 is 5.98. The molecule has 3 aromatic carbocycles. The Morgan fingerprint density at radius 1 is 1.00 bits per heavy atom. The Morgan fingerprint density at radius 3 is 2.38 bits per heavy atom. The zero-order chi connectivity index (χ0) is 30.7. The van der Waals surface area contributed by atoms with E-state index in [2.05, 4.69) is 5.32 Å². The number of carbonyl (C=O) groups excluding carboxylic acids is 2. The van der Waals surface area contributed by atoms with Gasteiger partial charge in [0.2, 0.25) is 0 Å². The molecule has 222 valence electrons. The number of amides is 2. The number of halogens is 4. The van der Waals surface area contributed by atoms with Crippen LogP contribution in [-0.2, 0) is 16.6 Å². The van der Waals surface area contributed by atoms with Crippen LogP contribution in [0.1, 0.15) is 39.6 Å². The first-order valence-electron chi connectivity index (χ1n) is 12.7. The number of hydrogen-bond donors (Lipinski definition) is 2. The number of ether oxygens (including phenoxy) is 1. The Balaban J connectivity index is 1.51. The summed E-state index contributed by atoms with van der Waals surface area (Å²) in [6.07, 6.45) is -3.50. The van der Waals surface area contributed by atoms with Gasteiger partial charge in [0.1, 0.15) is 10.6 Å². The fourth-order valence-corrected chi connectivity index (χ4v) is 5.89. The summed E-state index contributed by atoms with van der Waals surface area (Å²) in [6.45, 7) is 1.58. The van der Waals surface area contributed by atoms with Crippen molar-refractivity contribution in [3.63, 3.8) is 0 Å². The minimum absolute atomic E-state index is 0.0265. The molecular weight excluding hydrogens is 595 g/mol. The van der Waals surface area contributed by atoms with E-state index in [1.165, 1.54) is 44.4 Å². The summed E-state index contributed by atoms with van der Waals surface area (Å²) < 4.78 is 72.5. The Labute approximate surface area is 245 Å². The predicted molar refractivity (Wildman–Crippen MR) is 152 cm³/mol. The molecule has 2 N–H and O–H groups in total. The van der Waals surface area contributed by atoms with Crippen molar-refractivity contribution in [2.75, 3.05) is 13.7 Å². The van der Waals surface area contributed by atoms with Gasteiger partial charge in [-0.2, -0.15) is 13.2 Å². The predicted octanol–water partition coefficient (Wildman–Crippen LogP) is 5.79. The first-order valence-corrected chi connectivity index (χ1v) is 14.6. The van der Waals surface area contributed by atoms with Gasteiger partial charge in [0, 0.05) is 41.4 Å². The lowest BCUT2D eigenvalue weighted by molar-refractivity contribution is -0.142. The monoisotopic (exact) mass is 621 g/mol. The first kappa shape index (κ1) is 30.9. The lowest BCUT2D eigenvalue weighted by Gasteiger charge is -2.15. The lowest BCUT2D eigenvalue weighted by atomic mass is 10.1. The highest BCUT2D eigenvalue weighted by atomic mass is 35.5. The van der Waals surface area contributed by atoms with Gasteiger partial charge in [0.25, 0.3) is 21.8 Å². The van der Waals surface area contributed by atoms with Gasteiger partial charge in [-0.1, -0.05) is 42.8 Å². The van der Waals surface area contributed by atoms with E-state index in [1.54, 1.807) is 36.5 Å². The van der Waals surface area contributed by atoms with Gasteiger partial charge < -0.3 is 14.6 Å². The van der Waals surface area contributed by atoms with Gasteiger partial charge >= 0.3 is 6.18 Å². The topological polar surface area (TPSA) is 106 Å². The third-order valence-corrected chi connectivity index (χ3v) is 8.30. The van der Waals surface area contributed by atoms with Crippen LogP contribution in [0.2, 0.25) is 5.02 Å². The number of sulfonamides is 1. The van der Waals surface area contributed by atoms with E-state index in [9.17, 15) is 31.2 Å². The molecule has 0 radical (unpaired) electrons. The van der Waals surface area contributed by atoms with Crippen molar-refractivity contribution in [3.05, 3.63) is 94.6 Å². The molecule has 1 aromatic heterocycles. The number of nitrogens with zero attached hydrogens (tertiary/aromatic N) is 1. The van der Waals surface area contributed by atoms with Crippen molar-refractivity contribution in [3.8, 4) is 5.75 Å². The number of methoxy groups -OCH3 is 1. The molecule has 0 aliphatic rings. The van der Waals surface area contributed by atoms with E-state index in [0.717, 1.165) is 5.39 Å². The molecule has 0 bridgehead atoms.